The Bertz CT molecular complexity index is 567. The molecule has 2 N–H and O–H groups in total. The van der Waals surface area contributed by atoms with Crippen molar-refractivity contribution in [2.45, 2.75) is 18.9 Å². The van der Waals surface area contributed by atoms with Crippen molar-refractivity contribution < 1.29 is 4.74 Å². The fraction of sp³-hybridized carbons (Fsp3) is 0.286. The van der Waals surface area contributed by atoms with Gasteiger partial charge in [0.15, 0.2) is 0 Å². The number of nitrogens with two attached hydrogens (primary N) is 1. The van der Waals surface area contributed by atoms with Gasteiger partial charge in [0.25, 0.3) is 0 Å². The highest BCUT2D eigenvalue weighted by atomic mass is 79.9. The molecule has 18 heavy (non-hydrogen) atoms. The molecule has 2 aromatic rings. The molecule has 2 heterocycles. The Morgan fingerprint density at radius 2 is 2.22 bits per heavy atom. The van der Waals surface area contributed by atoms with E-state index in [9.17, 15) is 0 Å². The topological polar surface area (TPSA) is 35.2 Å². The van der Waals surface area contributed by atoms with Crippen molar-refractivity contribution in [1.29, 1.82) is 0 Å². The molecule has 0 spiro atoms. The highest BCUT2D eigenvalue weighted by Gasteiger charge is 2.17. The second-order valence-electron chi connectivity index (χ2n) is 4.43. The van der Waals surface area contributed by atoms with E-state index in [1.807, 2.05) is 12.1 Å². The van der Waals surface area contributed by atoms with Gasteiger partial charge in [-0.2, -0.15) is 0 Å². The Labute approximate surface area is 119 Å². The van der Waals surface area contributed by atoms with Crippen molar-refractivity contribution in [1.82, 2.24) is 0 Å². The molecule has 0 bridgehead atoms. The molecule has 1 atom stereocenters. The lowest BCUT2D eigenvalue weighted by Crippen LogP contribution is -2.13. The van der Waals surface area contributed by atoms with Gasteiger partial charge in [0.2, 0.25) is 0 Å². The number of halogens is 1. The van der Waals surface area contributed by atoms with Gasteiger partial charge in [-0.25, -0.2) is 0 Å². The molecule has 1 unspecified atom stereocenters. The van der Waals surface area contributed by atoms with Crippen molar-refractivity contribution in [3.05, 3.63) is 50.1 Å². The van der Waals surface area contributed by atoms with E-state index < -0.39 is 0 Å². The molecule has 1 aliphatic heterocycles. The second-order valence-corrected chi connectivity index (χ2v) is 6.23. The van der Waals surface area contributed by atoms with Gasteiger partial charge in [-0.1, -0.05) is 12.1 Å². The molecule has 3 rings (SSSR count). The number of aryl methyl sites for hydroxylation is 1. The Balaban J connectivity index is 1.95. The Morgan fingerprint density at radius 3 is 3.00 bits per heavy atom. The molecular formula is C14H14BrNOS. The molecule has 0 fully saturated rings. The molecule has 1 aliphatic rings. The van der Waals surface area contributed by atoms with E-state index in [4.69, 9.17) is 10.5 Å². The van der Waals surface area contributed by atoms with Crippen LogP contribution in [0.5, 0.6) is 5.75 Å². The van der Waals surface area contributed by atoms with Gasteiger partial charge >= 0.3 is 0 Å². The van der Waals surface area contributed by atoms with Crippen molar-refractivity contribution >= 4 is 27.3 Å². The maximum atomic E-state index is 6.33. The van der Waals surface area contributed by atoms with Gasteiger partial charge in [-0.3, -0.25) is 0 Å². The molecule has 0 amide bonds. The van der Waals surface area contributed by atoms with Gasteiger partial charge in [0.05, 0.1) is 12.6 Å². The fourth-order valence-corrected chi connectivity index (χ4v) is 3.90. The van der Waals surface area contributed by atoms with E-state index in [1.54, 1.807) is 11.3 Å². The number of benzene rings is 1. The summed E-state index contributed by atoms with van der Waals surface area (Å²) < 4.78 is 6.72. The lowest BCUT2D eigenvalue weighted by molar-refractivity contribution is 0.288. The SMILES string of the molecule is NC(c1ccc2c(c1)CCCO2)c1sccc1Br. The molecule has 0 saturated heterocycles. The zero-order chi connectivity index (χ0) is 12.5. The van der Waals surface area contributed by atoms with Crippen molar-refractivity contribution in [3.8, 4) is 5.75 Å². The van der Waals surface area contributed by atoms with Crippen LogP contribution in [0.1, 0.15) is 28.5 Å². The summed E-state index contributed by atoms with van der Waals surface area (Å²) >= 11 is 5.23. The number of rotatable bonds is 2. The third-order valence-electron chi connectivity index (χ3n) is 3.22. The Morgan fingerprint density at radius 1 is 1.33 bits per heavy atom. The van der Waals surface area contributed by atoms with E-state index in [2.05, 4.69) is 33.4 Å². The first kappa shape index (κ1) is 12.2. The monoisotopic (exact) mass is 323 g/mol. The standard InChI is InChI=1S/C14H14BrNOS/c15-11-5-7-18-14(11)13(16)10-3-4-12-9(8-10)2-1-6-17-12/h3-5,7-8,13H,1-2,6,16H2. The van der Waals surface area contributed by atoms with E-state index in [0.29, 0.717) is 0 Å². The highest BCUT2D eigenvalue weighted by molar-refractivity contribution is 9.10. The van der Waals surface area contributed by atoms with Gasteiger partial charge in [-0.05, 0) is 57.4 Å². The van der Waals surface area contributed by atoms with E-state index in [0.717, 1.165) is 35.2 Å². The van der Waals surface area contributed by atoms with Crippen molar-refractivity contribution in [2.75, 3.05) is 6.61 Å². The normalized spacial score (nSPS) is 15.9. The van der Waals surface area contributed by atoms with Crippen LogP contribution in [0.15, 0.2) is 34.1 Å². The van der Waals surface area contributed by atoms with Crippen LogP contribution in [0.3, 0.4) is 0 Å². The van der Waals surface area contributed by atoms with Crippen molar-refractivity contribution in [2.24, 2.45) is 5.73 Å². The molecule has 0 saturated carbocycles. The molecule has 1 aromatic carbocycles. The fourth-order valence-electron chi connectivity index (χ4n) is 2.25. The Hall–Kier alpha value is -0.840. The number of hydrogen-bond acceptors (Lipinski definition) is 3. The maximum Gasteiger partial charge on any atom is 0.122 e. The van der Waals surface area contributed by atoms with Gasteiger partial charge in [0, 0.05) is 9.35 Å². The number of hydrogen-bond donors (Lipinski definition) is 1. The molecule has 1 aromatic heterocycles. The molecular weight excluding hydrogens is 310 g/mol. The van der Waals surface area contributed by atoms with Crippen LogP contribution < -0.4 is 10.5 Å². The summed E-state index contributed by atoms with van der Waals surface area (Å²) in [5.41, 5.74) is 8.77. The van der Waals surface area contributed by atoms with Crippen molar-refractivity contribution in [3.63, 3.8) is 0 Å². The number of thiophene rings is 1. The molecule has 2 nitrogen and oxygen atoms in total. The lowest BCUT2D eigenvalue weighted by atomic mass is 9.99. The zero-order valence-electron chi connectivity index (χ0n) is 9.86. The van der Waals surface area contributed by atoms with Crippen LogP contribution in [-0.2, 0) is 6.42 Å². The quantitative estimate of drug-likeness (QED) is 0.910. The Kier molecular flexibility index (Phi) is 3.41. The molecule has 0 aliphatic carbocycles. The van der Waals surface area contributed by atoms with Gasteiger partial charge < -0.3 is 10.5 Å². The maximum absolute atomic E-state index is 6.33. The minimum Gasteiger partial charge on any atom is -0.493 e. The summed E-state index contributed by atoms with van der Waals surface area (Å²) in [6, 6.07) is 8.28. The van der Waals surface area contributed by atoms with Gasteiger partial charge in [-0.15, -0.1) is 11.3 Å². The molecule has 0 radical (unpaired) electrons. The average molecular weight is 324 g/mol. The molecule has 94 valence electrons. The summed E-state index contributed by atoms with van der Waals surface area (Å²) in [5.74, 6) is 1.02. The highest BCUT2D eigenvalue weighted by Crippen LogP contribution is 2.34. The number of ether oxygens (including phenoxy) is 1. The average Bonchev–Trinajstić information content (AvgIpc) is 2.83. The smallest absolute Gasteiger partial charge is 0.122 e. The van der Waals surface area contributed by atoms with Crippen LogP contribution in [0.4, 0.5) is 0 Å². The minimum atomic E-state index is -0.0633. The van der Waals surface area contributed by atoms with E-state index in [-0.39, 0.29) is 6.04 Å². The summed E-state index contributed by atoms with van der Waals surface area (Å²) in [5, 5.41) is 2.06. The largest absolute Gasteiger partial charge is 0.493 e. The third-order valence-corrected chi connectivity index (χ3v) is 5.17. The van der Waals surface area contributed by atoms with E-state index in [1.165, 1.54) is 10.4 Å². The predicted octanol–water partition coefficient (Wildman–Crippen LogP) is 3.88. The third kappa shape index (κ3) is 2.20. The van der Waals surface area contributed by atoms with Crippen LogP contribution in [0.25, 0.3) is 0 Å². The van der Waals surface area contributed by atoms with Crippen LogP contribution in [0, 0.1) is 0 Å². The zero-order valence-corrected chi connectivity index (χ0v) is 12.3. The minimum absolute atomic E-state index is 0.0633. The first-order valence-electron chi connectivity index (χ1n) is 6.00. The lowest BCUT2D eigenvalue weighted by Gasteiger charge is -2.19. The summed E-state index contributed by atoms with van der Waals surface area (Å²) in [6.07, 6.45) is 2.18. The van der Waals surface area contributed by atoms with Crippen LogP contribution >= 0.6 is 27.3 Å². The summed E-state index contributed by atoms with van der Waals surface area (Å²) in [4.78, 5) is 1.17. The first-order chi connectivity index (χ1) is 8.75. The summed E-state index contributed by atoms with van der Waals surface area (Å²) in [6.45, 7) is 0.828. The van der Waals surface area contributed by atoms with Crippen LogP contribution in [0.2, 0.25) is 0 Å². The first-order valence-corrected chi connectivity index (χ1v) is 7.67. The van der Waals surface area contributed by atoms with Gasteiger partial charge in [0.1, 0.15) is 5.75 Å². The van der Waals surface area contributed by atoms with Crippen LogP contribution in [-0.4, -0.2) is 6.61 Å². The second kappa shape index (κ2) is 5.03. The summed E-state index contributed by atoms with van der Waals surface area (Å²) in [7, 11) is 0. The predicted molar refractivity (Wildman–Crippen MR) is 78.3 cm³/mol. The number of fused-ring (bicyclic) bond motifs is 1. The molecule has 4 heteroatoms. The van der Waals surface area contributed by atoms with E-state index >= 15 is 0 Å².